The molecule has 4 heteroatoms. The number of nitrogens with two attached hydrogens (primary N) is 1. The van der Waals surface area contributed by atoms with Crippen molar-refractivity contribution in [3.05, 3.63) is 41.7 Å². The van der Waals surface area contributed by atoms with Crippen LogP contribution in [0.1, 0.15) is 38.1 Å². The van der Waals surface area contributed by atoms with Gasteiger partial charge in [-0.1, -0.05) is 32.4 Å². The van der Waals surface area contributed by atoms with Gasteiger partial charge in [0.2, 0.25) is 0 Å². The quantitative estimate of drug-likeness (QED) is 0.840. The summed E-state index contributed by atoms with van der Waals surface area (Å²) in [5, 5.41) is 3.28. The fourth-order valence-electron chi connectivity index (χ4n) is 2.11. The number of hydrogen-bond acceptors (Lipinski definition) is 4. The lowest BCUT2D eigenvalue weighted by molar-refractivity contribution is 0.839. The highest BCUT2D eigenvalue weighted by molar-refractivity contribution is 5.58. The van der Waals surface area contributed by atoms with Crippen molar-refractivity contribution in [2.75, 3.05) is 11.1 Å². The molecule has 20 heavy (non-hydrogen) atoms. The Kier molecular flexibility index (Phi) is 4.93. The van der Waals surface area contributed by atoms with Gasteiger partial charge in [0.05, 0.1) is 0 Å². The van der Waals surface area contributed by atoms with Crippen LogP contribution in [0, 0.1) is 0 Å². The van der Waals surface area contributed by atoms with Crippen molar-refractivity contribution in [1.82, 2.24) is 9.97 Å². The van der Waals surface area contributed by atoms with Crippen molar-refractivity contribution >= 4 is 17.3 Å². The van der Waals surface area contributed by atoms with Crippen LogP contribution in [0.3, 0.4) is 0 Å². The molecule has 0 radical (unpaired) electrons. The number of aromatic nitrogens is 2. The van der Waals surface area contributed by atoms with Crippen LogP contribution < -0.4 is 11.1 Å². The average Bonchev–Trinajstić information content (AvgIpc) is 2.41. The predicted octanol–water partition coefficient (Wildman–Crippen LogP) is 3.71. The first-order valence-corrected chi connectivity index (χ1v) is 7.20. The summed E-state index contributed by atoms with van der Waals surface area (Å²) in [5.74, 6) is 2.05. The predicted molar refractivity (Wildman–Crippen MR) is 84.2 cm³/mol. The molecule has 0 saturated carbocycles. The number of nitrogens with one attached hydrogen (secondary N) is 1. The molecule has 0 atom stereocenters. The second-order valence-corrected chi connectivity index (χ2v) is 4.92. The molecular formula is C16H22N4. The van der Waals surface area contributed by atoms with Crippen LogP contribution in [0.2, 0.25) is 0 Å². The number of benzene rings is 1. The number of anilines is 3. The van der Waals surface area contributed by atoms with Gasteiger partial charge in [0.15, 0.2) is 0 Å². The third kappa shape index (κ3) is 3.95. The van der Waals surface area contributed by atoms with E-state index in [2.05, 4.69) is 53.4 Å². The van der Waals surface area contributed by atoms with Crippen molar-refractivity contribution in [1.29, 1.82) is 0 Å². The van der Waals surface area contributed by atoms with Gasteiger partial charge in [-0.2, -0.15) is 0 Å². The standard InChI is InChI=1S/C16H22N4/c1-3-5-12-7-9-13(10-8-12)18-16-11-14(17)19-15(20-16)6-4-2/h7-11H,3-6H2,1-2H3,(H3,17,18,19,20). The van der Waals surface area contributed by atoms with E-state index < -0.39 is 0 Å². The second kappa shape index (κ2) is 6.89. The van der Waals surface area contributed by atoms with Crippen molar-refractivity contribution in [2.24, 2.45) is 0 Å². The molecule has 0 aliphatic carbocycles. The third-order valence-corrected chi connectivity index (χ3v) is 3.03. The van der Waals surface area contributed by atoms with Gasteiger partial charge in [-0.05, 0) is 30.5 Å². The second-order valence-electron chi connectivity index (χ2n) is 4.92. The van der Waals surface area contributed by atoms with Crippen LogP contribution in [0.25, 0.3) is 0 Å². The maximum absolute atomic E-state index is 5.82. The molecule has 106 valence electrons. The summed E-state index contributed by atoms with van der Waals surface area (Å²) < 4.78 is 0. The van der Waals surface area contributed by atoms with Crippen LogP contribution in [-0.4, -0.2) is 9.97 Å². The van der Waals surface area contributed by atoms with E-state index in [4.69, 9.17) is 5.73 Å². The molecular weight excluding hydrogens is 248 g/mol. The van der Waals surface area contributed by atoms with Gasteiger partial charge in [0.1, 0.15) is 17.5 Å². The molecule has 0 aliphatic rings. The molecule has 0 bridgehead atoms. The van der Waals surface area contributed by atoms with Crippen molar-refractivity contribution < 1.29 is 0 Å². The third-order valence-electron chi connectivity index (χ3n) is 3.03. The first kappa shape index (κ1) is 14.3. The van der Waals surface area contributed by atoms with E-state index in [1.165, 1.54) is 5.56 Å². The first-order chi connectivity index (χ1) is 9.71. The van der Waals surface area contributed by atoms with Crippen LogP contribution in [0.15, 0.2) is 30.3 Å². The maximum atomic E-state index is 5.82. The Balaban J connectivity index is 2.12. The zero-order valence-electron chi connectivity index (χ0n) is 12.2. The molecule has 3 N–H and O–H groups in total. The topological polar surface area (TPSA) is 63.8 Å². The molecule has 2 aromatic rings. The van der Waals surface area contributed by atoms with E-state index in [1.54, 1.807) is 6.07 Å². The lowest BCUT2D eigenvalue weighted by atomic mass is 10.1. The van der Waals surface area contributed by atoms with Gasteiger partial charge >= 0.3 is 0 Å². The smallest absolute Gasteiger partial charge is 0.136 e. The van der Waals surface area contributed by atoms with Crippen LogP contribution >= 0.6 is 0 Å². The normalized spacial score (nSPS) is 10.5. The Hall–Kier alpha value is -2.10. The van der Waals surface area contributed by atoms with Gasteiger partial charge in [0.25, 0.3) is 0 Å². The first-order valence-electron chi connectivity index (χ1n) is 7.20. The minimum atomic E-state index is 0.508. The summed E-state index contributed by atoms with van der Waals surface area (Å²) in [6, 6.07) is 10.2. The van der Waals surface area contributed by atoms with Crippen molar-refractivity contribution in [3.8, 4) is 0 Å². The Morgan fingerprint density at radius 2 is 1.70 bits per heavy atom. The van der Waals surface area contributed by atoms with E-state index in [0.29, 0.717) is 5.82 Å². The molecule has 0 fully saturated rings. The van der Waals surface area contributed by atoms with Gasteiger partial charge in [-0.25, -0.2) is 9.97 Å². The molecule has 4 nitrogen and oxygen atoms in total. The molecule has 1 heterocycles. The summed E-state index contributed by atoms with van der Waals surface area (Å²) in [6.07, 6.45) is 4.13. The molecule has 0 amide bonds. The number of nitrogen functional groups attached to an aromatic ring is 1. The summed E-state index contributed by atoms with van der Waals surface area (Å²) in [4.78, 5) is 8.71. The average molecular weight is 270 g/mol. The van der Waals surface area contributed by atoms with Crippen LogP contribution in [-0.2, 0) is 12.8 Å². The summed E-state index contributed by atoms with van der Waals surface area (Å²) in [5.41, 5.74) is 8.19. The molecule has 0 unspecified atom stereocenters. The van der Waals surface area contributed by atoms with E-state index in [9.17, 15) is 0 Å². The van der Waals surface area contributed by atoms with Gasteiger partial charge in [-0.3, -0.25) is 0 Å². The lowest BCUT2D eigenvalue weighted by Crippen LogP contribution is -2.03. The fraction of sp³-hybridized carbons (Fsp3) is 0.375. The molecule has 1 aromatic heterocycles. The highest BCUT2D eigenvalue weighted by atomic mass is 15.0. The monoisotopic (exact) mass is 270 g/mol. The molecule has 0 aliphatic heterocycles. The minimum absolute atomic E-state index is 0.508. The summed E-state index contributed by atoms with van der Waals surface area (Å²) in [7, 11) is 0. The number of nitrogens with zero attached hydrogens (tertiary/aromatic N) is 2. The number of aryl methyl sites for hydroxylation is 2. The molecule has 0 spiro atoms. The maximum Gasteiger partial charge on any atom is 0.136 e. The van der Waals surface area contributed by atoms with Gasteiger partial charge < -0.3 is 11.1 Å². The van der Waals surface area contributed by atoms with Gasteiger partial charge in [0, 0.05) is 18.2 Å². The van der Waals surface area contributed by atoms with E-state index in [1.807, 2.05) is 0 Å². The van der Waals surface area contributed by atoms with Gasteiger partial charge in [-0.15, -0.1) is 0 Å². The number of hydrogen-bond donors (Lipinski definition) is 2. The lowest BCUT2D eigenvalue weighted by Gasteiger charge is -2.09. The zero-order chi connectivity index (χ0) is 14.4. The largest absolute Gasteiger partial charge is 0.384 e. The molecule has 1 aromatic carbocycles. The fourth-order valence-corrected chi connectivity index (χ4v) is 2.11. The Morgan fingerprint density at radius 1 is 1.00 bits per heavy atom. The Morgan fingerprint density at radius 3 is 2.35 bits per heavy atom. The highest BCUT2D eigenvalue weighted by Crippen LogP contribution is 2.18. The van der Waals surface area contributed by atoms with Crippen LogP contribution in [0.5, 0.6) is 0 Å². The zero-order valence-corrected chi connectivity index (χ0v) is 12.2. The molecule has 0 saturated heterocycles. The van der Waals surface area contributed by atoms with E-state index in [-0.39, 0.29) is 0 Å². The van der Waals surface area contributed by atoms with E-state index in [0.717, 1.165) is 43.0 Å². The Bertz CT molecular complexity index is 549. The van der Waals surface area contributed by atoms with Crippen LogP contribution in [0.4, 0.5) is 17.3 Å². The minimum Gasteiger partial charge on any atom is -0.384 e. The Labute approximate surface area is 120 Å². The van der Waals surface area contributed by atoms with E-state index >= 15 is 0 Å². The highest BCUT2D eigenvalue weighted by Gasteiger charge is 2.03. The molecule has 2 rings (SSSR count). The summed E-state index contributed by atoms with van der Waals surface area (Å²) in [6.45, 7) is 4.29. The van der Waals surface area contributed by atoms with Crippen molar-refractivity contribution in [3.63, 3.8) is 0 Å². The van der Waals surface area contributed by atoms with Crippen molar-refractivity contribution in [2.45, 2.75) is 39.5 Å². The SMILES string of the molecule is CCCc1ccc(Nc2cc(N)nc(CCC)n2)cc1. The summed E-state index contributed by atoms with van der Waals surface area (Å²) >= 11 is 0. The number of rotatable bonds is 6.